The minimum absolute atomic E-state index is 0.0670. The Morgan fingerprint density at radius 2 is 1.06 bits per heavy atom. The zero-order valence-corrected chi connectivity index (χ0v) is 12.1. The van der Waals surface area contributed by atoms with E-state index in [2.05, 4.69) is 66.9 Å². The Kier molecular flexibility index (Phi) is 5.47. The highest BCUT2D eigenvalue weighted by atomic mass is 16.5. The number of ether oxygens (including phenoxy) is 1. The molecule has 0 aliphatic heterocycles. The number of rotatable bonds is 4. The molecule has 0 N–H and O–H groups in total. The van der Waals surface area contributed by atoms with Gasteiger partial charge in [0, 0.05) is 0 Å². The van der Waals surface area contributed by atoms with Crippen LogP contribution in [0.5, 0.6) is 0 Å². The fraction of sp³-hybridized carbons (Fsp3) is 0.500. The second-order valence-electron chi connectivity index (χ2n) is 6.34. The van der Waals surface area contributed by atoms with Gasteiger partial charge in [0.25, 0.3) is 0 Å². The fourth-order valence-corrected chi connectivity index (χ4v) is 1.25. The second kappa shape index (κ2) is 5.90. The largest absolute Gasteiger partial charge is 0.458 e. The lowest BCUT2D eigenvalue weighted by molar-refractivity contribution is 0.317. The van der Waals surface area contributed by atoms with E-state index >= 15 is 0 Å². The van der Waals surface area contributed by atoms with Crippen LogP contribution >= 0.6 is 0 Å². The number of allylic oxidation sites excluding steroid dienone is 4. The van der Waals surface area contributed by atoms with E-state index in [1.807, 2.05) is 0 Å². The molecule has 0 saturated heterocycles. The number of hydrogen-bond acceptors (Lipinski definition) is 1. The van der Waals surface area contributed by atoms with E-state index in [4.69, 9.17) is 4.74 Å². The van der Waals surface area contributed by atoms with Crippen LogP contribution in [0.15, 0.2) is 49.0 Å². The van der Waals surface area contributed by atoms with Crippen molar-refractivity contribution in [3.63, 3.8) is 0 Å². The van der Waals surface area contributed by atoms with Gasteiger partial charge in [-0.25, -0.2) is 0 Å². The number of hydrogen-bond donors (Lipinski definition) is 0. The van der Waals surface area contributed by atoms with Crippen LogP contribution in [0.2, 0.25) is 0 Å². The van der Waals surface area contributed by atoms with Crippen LogP contribution < -0.4 is 0 Å². The molecule has 0 saturated carbocycles. The lowest BCUT2D eigenvalue weighted by Crippen LogP contribution is -2.05. The van der Waals surface area contributed by atoms with Gasteiger partial charge in [-0.3, -0.25) is 0 Å². The van der Waals surface area contributed by atoms with Crippen molar-refractivity contribution in [3.05, 3.63) is 49.0 Å². The summed E-state index contributed by atoms with van der Waals surface area (Å²) in [7, 11) is 0. The summed E-state index contributed by atoms with van der Waals surface area (Å²) >= 11 is 0. The van der Waals surface area contributed by atoms with E-state index in [0.29, 0.717) is 0 Å². The van der Waals surface area contributed by atoms with Crippen molar-refractivity contribution in [2.24, 2.45) is 10.8 Å². The molecule has 17 heavy (non-hydrogen) atoms. The monoisotopic (exact) mass is 234 g/mol. The van der Waals surface area contributed by atoms with E-state index in [1.54, 1.807) is 12.2 Å². The van der Waals surface area contributed by atoms with E-state index in [-0.39, 0.29) is 10.8 Å². The van der Waals surface area contributed by atoms with Crippen molar-refractivity contribution in [2.75, 3.05) is 0 Å². The van der Waals surface area contributed by atoms with Crippen LogP contribution in [0.25, 0.3) is 0 Å². The third-order valence-electron chi connectivity index (χ3n) is 1.79. The molecule has 0 radical (unpaired) electrons. The average Bonchev–Trinajstić information content (AvgIpc) is 2.11. The van der Waals surface area contributed by atoms with Crippen LogP contribution in [0.1, 0.15) is 41.5 Å². The Hall–Kier alpha value is -1.24. The third kappa shape index (κ3) is 8.56. The van der Waals surface area contributed by atoms with Crippen molar-refractivity contribution >= 4 is 0 Å². The van der Waals surface area contributed by atoms with Gasteiger partial charge in [0.1, 0.15) is 11.5 Å². The lowest BCUT2D eigenvalue weighted by atomic mass is 9.95. The van der Waals surface area contributed by atoms with Gasteiger partial charge in [0.05, 0.1) is 0 Å². The molecule has 0 atom stereocenters. The maximum Gasteiger partial charge on any atom is 0.123 e. The van der Waals surface area contributed by atoms with Crippen LogP contribution in [0, 0.1) is 10.8 Å². The first-order valence-corrected chi connectivity index (χ1v) is 5.96. The molecule has 0 rings (SSSR count). The van der Waals surface area contributed by atoms with Crippen LogP contribution in [0.3, 0.4) is 0 Å². The molecule has 0 aromatic carbocycles. The molecule has 1 heteroatoms. The summed E-state index contributed by atoms with van der Waals surface area (Å²) in [5.74, 6) is 1.54. The molecule has 0 heterocycles. The molecule has 0 bridgehead atoms. The molecule has 0 aromatic rings. The minimum atomic E-state index is 0.0670. The van der Waals surface area contributed by atoms with Crippen LogP contribution in [0.4, 0.5) is 0 Å². The standard InChI is InChI=1S/C16H26O/c1-9-13(11-15(3,4)5)17-14(10-2)12-16(6,7)8/h9-12H,1-2H2,3-8H3/b13-11+,14-12+. The van der Waals surface area contributed by atoms with E-state index in [0.717, 1.165) is 11.5 Å². The van der Waals surface area contributed by atoms with Gasteiger partial charge in [-0.1, -0.05) is 54.7 Å². The summed E-state index contributed by atoms with van der Waals surface area (Å²) in [6.45, 7) is 20.3. The van der Waals surface area contributed by atoms with Crippen molar-refractivity contribution in [1.29, 1.82) is 0 Å². The topological polar surface area (TPSA) is 9.23 Å². The van der Waals surface area contributed by atoms with Crippen LogP contribution in [-0.4, -0.2) is 0 Å². The molecular formula is C16H26O. The van der Waals surface area contributed by atoms with Gasteiger partial charge in [-0.2, -0.15) is 0 Å². The van der Waals surface area contributed by atoms with E-state index < -0.39 is 0 Å². The Balaban J connectivity index is 5.02. The first kappa shape index (κ1) is 15.8. The Morgan fingerprint density at radius 3 is 1.24 bits per heavy atom. The van der Waals surface area contributed by atoms with Gasteiger partial charge >= 0.3 is 0 Å². The lowest BCUT2D eigenvalue weighted by Gasteiger charge is -2.18. The predicted molar refractivity (Wildman–Crippen MR) is 76.6 cm³/mol. The highest BCUT2D eigenvalue weighted by Crippen LogP contribution is 2.23. The SMILES string of the molecule is C=C/C(=C\C(C)(C)C)O/C(C=C)=C/C(C)(C)C. The zero-order chi connectivity index (χ0) is 13.7. The summed E-state index contributed by atoms with van der Waals surface area (Å²) in [6.07, 6.45) is 7.57. The Morgan fingerprint density at radius 1 is 0.765 bits per heavy atom. The normalized spacial score (nSPS) is 14.5. The molecule has 0 aliphatic carbocycles. The molecule has 96 valence electrons. The second-order valence-corrected chi connectivity index (χ2v) is 6.34. The molecule has 0 spiro atoms. The molecule has 0 unspecified atom stereocenters. The van der Waals surface area contributed by atoms with E-state index in [1.165, 1.54) is 0 Å². The quantitative estimate of drug-likeness (QED) is 0.478. The molecule has 0 aromatic heterocycles. The Bertz CT molecular complexity index is 296. The molecular weight excluding hydrogens is 208 g/mol. The summed E-state index contributed by atoms with van der Waals surface area (Å²) in [5, 5.41) is 0. The summed E-state index contributed by atoms with van der Waals surface area (Å²) < 4.78 is 5.79. The van der Waals surface area contributed by atoms with Gasteiger partial charge in [-0.05, 0) is 35.1 Å². The van der Waals surface area contributed by atoms with Gasteiger partial charge in [0.15, 0.2) is 0 Å². The smallest absolute Gasteiger partial charge is 0.123 e. The van der Waals surface area contributed by atoms with Crippen molar-refractivity contribution in [3.8, 4) is 0 Å². The van der Waals surface area contributed by atoms with Crippen LogP contribution in [-0.2, 0) is 4.74 Å². The Labute approximate surface area is 107 Å². The summed E-state index contributed by atoms with van der Waals surface area (Å²) in [4.78, 5) is 0. The maximum atomic E-state index is 5.79. The van der Waals surface area contributed by atoms with Crippen molar-refractivity contribution in [1.82, 2.24) is 0 Å². The van der Waals surface area contributed by atoms with Gasteiger partial charge in [-0.15, -0.1) is 0 Å². The first-order chi connectivity index (χ1) is 7.57. The fourth-order valence-electron chi connectivity index (χ4n) is 1.25. The van der Waals surface area contributed by atoms with Gasteiger partial charge < -0.3 is 4.74 Å². The van der Waals surface area contributed by atoms with Crippen molar-refractivity contribution < 1.29 is 4.74 Å². The highest BCUT2D eigenvalue weighted by molar-refractivity contribution is 5.20. The minimum Gasteiger partial charge on any atom is -0.458 e. The van der Waals surface area contributed by atoms with Gasteiger partial charge in [0.2, 0.25) is 0 Å². The van der Waals surface area contributed by atoms with E-state index in [9.17, 15) is 0 Å². The van der Waals surface area contributed by atoms with Crippen molar-refractivity contribution in [2.45, 2.75) is 41.5 Å². The first-order valence-electron chi connectivity index (χ1n) is 5.96. The molecule has 0 amide bonds. The maximum absolute atomic E-state index is 5.79. The summed E-state index contributed by atoms with van der Waals surface area (Å²) in [5.41, 5.74) is 0.134. The molecule has 0 fully saturated rings. The predicted octanol–water partition coefficient (Wildman–Crippen LogP) is 5.24. The third-order valence-corrected chi connectivity index (χ3v) is 1.79. The molecule has 1 nitrogen and oxygen atoms in total. The average molecular weight is 234 g/mol. The zero-order valence-electron chi connectivity index (χ0n) is 12.1. The highest BCUT2D eigenvalue weighted by Gasteiger charge is 2.11. The molecule has 0 aliphatic rings. The summed E-state index contributed by atoms with van der Waals surface area (Å²) in [6, 6.07) is 0.